The van der Waals surface area contributed by atoms with E-state index in [4.69, 9.17) is 34.8 Å². The standard InChI is InChI=1S/C18H25Cl3/c1-17(2,3)13-7-9-18(12-19,10-8-13)11-14-15(20)5-4-6-16(14)21/h4-6,13H,7-12H2,1-3H3. The van der Waals surface area contributed by atoms with E-state index in [1.807, 2.05) is 18.2 Å². The summed E-state index contributed by atoms with van der Waals surface area (Å²) in [5, 5.41) is 1.54. The van der Waals surface area contributed by atoms with Crippen molar-refractivity contribution in [1.29, 1.82) is 0 Å². The Morgan fingerprint density at radius 3 is 2.05 bits per heavy atom. The third-order valence-electron chi connectivity index (χ3n) is 5.17. The van der Waals surface area contributed by atoms with Gasteiger partial charge in [0.25, 0.3) is 0 Å². The predicted octanol–water partition coefficient (Wildman–Crippen LogP) is 7.00. The van der Waals surface area contributed by atoms with E-state index >= 15 is 0 Å². The van der Waals surface area contributed by atoms with Crippen LogP contribution >= 0.6 is 34.8 Å². The monoisotopic (exact) mass is 346 g/mol. The van der Waals surface area contributed by atoms with Crippen molar-refractivity contribution in [2.45, 2.75) is 52.9 Å². The number of benzene rings is 1. The molecule has 0 aromatic heterocycles. The Morgan fingerprint density at radius 1 is 1.10 bits per heavy atom. The maximum Gasteiger partial charge on any atom is 0.0453 e. The fourth-order valence-electron chi connectivity index (χ4n) is 3.53. The molecule has 0 nitrogen and oxygen atoms in total. The van der Waals surface area contributed by atoms with Gasteiger partial charge in [0.15, 0.2) is 0 Å². The summed E-state index contributed by atoms with van der Waals surface area (Å²) >= 11 is 19.1. The van der Waals surface area contributed by atoms with Crippen LogP contribution in [0.3, 0.4) is 0 Å². The number of alkyl halides is 1. The van der Waals surface area contributed by atoms with E-state index in [0.717, 1.165) is 27.9 Å². The zero-order valence-electron chi connectivity index (χ0n) is 13.2. The first-order valence-corrected chi connectivity index (χ1v) is 9.05. The first-order valence-electron chi connectivity index (χ1n) is 7.76. The average molecular weight is 348 g/mol. The number of halogens is 3. The van der Waals surface area contributed by atoms with E-state index in [1.165, 1.54) is 25.7 Å². The average Bonchev–Trinajstić information content (AvgIpc) is 2.43. The second-order valence-electron chi connectivity index (χ2n) is 7.65. The molecule has 2 rings (SSSR count). The molecule has 0 radical (unpaired) electrons. The molecule has 21 heavy (non-hydrogen) atoms. The van der Waals surface area contributed by atoms with Gasteiger partial charge in [-0.25, -0.2) is 0 Å². The zero-order chi connectivity index (χ0) is 15.7. The quantitative estimate of drug-likeness (QED) is 0.516. The van der Waals surface area contributed by atoms with Crippen LogP contribution in [-0.2, 0) is 6.42 Å². The van der Waals surface area contributed by atoms with Gasteiger partial charge in [0.1, 0.15) is 0 Å². The highest BCUT2D eigenvalue weighted by Crippen LogP contribution is 2.48. The largest absolute Gasteiger partial charge is 0.126 e. The molecule has 0 unspecified atom stereocenters. The minimum Gasteiger partial charge on any atom is -0.126 e. The van der Waals surface area contributed by atoms with Crippen LogP contribution < -0.4 is 0 Å². The molecule has 0 N–H and O–H groups in total. The molecular weight excluding hydrogens is 323 g/mol. The highest BCUT2D eigenvalue weighted by molar-refractivity contribution is 6.36. The summed E-state index contributed by atoms with van der Waals surface area (Å²) < 4.78 is 0. The molecule has 1 aliphatic carbocycles. The van der Waals surface area contributed by atoms with Gasteiger partial charge in [-0.1, -0.05) is 50.0 Å². The number of hydrogen-bond donors (Lipinski definition) is 0. The molecule has 0 spiro atoms. The molecule has 1 saturated carbocycles. The molecule has 0 saturated heterocycles. The van der Waals surface area contributed by atoms with Gasteiger partial charge < -0.3 is 0 Å². The molecule has 1 aromatic carbocycles. The lowest BCUT2D eigenvalue weighted by Gasteiger charge is -2.43. The van der Waals surface area contributed by atoms with Crippen LogP contribution in [0, 0.1) is 16.7 Å². The lowest BCUT2D eigenvalue weighted by Crippen LogP contribution is -2.35. The van der Waals surface area contributed by atoms with E-state index in [9.17, 15) is 0 Å². The number of hydrogen-bond acceptors (Lipinski definition) is 0. The number of rotatable bonds is 3. The topological polar surface area (TPSA) is 0 Å². The van der Waals surface area contributed by atoms with Crippen molar-refractivity contribution >= 4 is 34.8 Å². The van der Waals surface area contributed by atoms with Crippen molar-refractivity contribution in [3.63, 3.8) is 0 Å². The normalized spacial score (nSPS) is 26.9. The van der Waals surface area contributed by atoms with Crippen molar-refractivity contribution in [3.05, 3.63) is 33.8 Å². The minimum absolute atomic E-state index is 0.151. The van der Waals surface area contributed by atoms with Crippen LogP contribution in [0.4, 0.5) is 0 Å². The Bertz CT molecular complexity index is 459. The fraction of sp³-hybridized carbons (Fsp3) is 0.667. The lowest BCUT2D eigenvalue weighted by molar-refractivity contribution is 0.102. The van der Waals surface area contributed by atoms with Crippen LogP contribution in [0.5, 0.6) is 0 Å². The van der Waals surface area contributed by atoms with Gasteiger partial charge in [0.05, 0.1) is 0 Å². The van der Waals surface area contributed by atoms with Gasteiger partial charge in [0, 0.05) is 15.9 Å². The SMILES string of the molecule is CC(C)(C)C1CCC(CCl)(Cc2c(Cl)cccc2Cl)CC1. The molecule has 1 aromatic rings. The maximum absolute atomic E-state index is 6.37. The van der Waals surface area contributed by atoms with E-state index in [1.54, 1.807) is 0 Å². The fourth-order valence-corrected chi connectivity index (χ4v) is 4.42. The molecule has 0 aliphatic heterocycles. The molecule has 1 fully saturated rings. The Hall–Kier alpha value is 0.0900. The summed E-state index contributed by atoms with van der Waals surface area (Å²) in [6, 6.07) is 5.75. The second-order valence-corrected chi connectivity index (χ2v) is 8.73. The van der Waals surface area contributed by atoms with E-state index in [2.05, 4.69) is 20.8 Å². The lowest BCUT2D eigenvalue weighted by atomic mass is 9.63. The summed E-state index contributed by atoms with van der Waals surface area (Å²) in [5.41, 5.74) is 1.61. The predicted molar refractivity (Wildman–Crippen MR) is 94.7 cm³/mol. The Balaban J connectivity index is 2.14. The van der Waals surface area contributed by atoms with Crippen molar-refractivity contribution in [3.8, 4) is 0 Å². The third-order valence-corrected chi connectivity index (χ3v) is 6.44. The maximum atomic E-state index is 6.37. The van der Waals surface area contributed by atoms with Crippen molar-refractivity contribution in [2.24, 2.45) is 16.7 Å². The van der Waals surface area contributed by atoms with Crippen LogP contribution in [0.1, 0.15) is 52.0 Å². The summed E-state index contributed by atoms with van der Waals surface area (Å²) in [6.07, 6.45) is 5.72. The van der Waals surface area contributed by atoms with E-state index < -0.39 is 0 Å². The van der Waals surface area contributed by atoms with Crippen molar-refractivity contribution < 1.29 is 0 Å². The molecular formula is C18H25Cl3. The molecule has 0 atom stereocenters. The van der Waals surface area contributed by atoms with Gasteiger partial charge >= 0.3 is 0 Å². The Labute approximate surface area is 144 Å². The Morgan fingerprint density at radius 2 is 1.62 bits per heavy atom. The van der Waals surface area contributed by atoms with Crippen LogP contribution in [0.25, 0.3) is 0 Å². The highest BCUT2D eigenvalue weighted by Gasteiger charge is 2.38. The summed E-state index contributed by atoms with van der Waals surface area (Å²) in [7, 11) is 0. The van der Waals surface area contributed by atoms with Crippen LogP contribution in [0.2, 0.25) is 10.0 Å². The minimum atomic E-state index is 0.151. The molecule has 1 aliphatic rings. The smallest absolute Gasteiger partial charge is 0.0453 e. The Kier molecular flexibility index (Phi) is 5.55. The van der Waals surface area contributed by atoms with Gasteiger partial charge in [-0.2, -0.15) is 0 Å². The highest BCUT2D eigenvalue weighted by atomic mass is 35.5. The first kappa shape index (κ1) is 17.4. The first-order chi connectivity index (χ1) is 9.77. The summed E-state index contributed by atoms with van der Waals surface area (Å²) in [4.78, 5) is 0. The van der Waals surface area contributed by atoms with Crippen LogP contribution in [-0.4, -0.2) is 5.88 Å². The summed E-state index contributed by atoms with van der Waals surface area (Å²) in [6.45, 7) is 7.03. The summed E-state index contributed by atoms with van der Waals surface area (Å²) in [5.74, 6) is 1.47. The van der Waals surface area contributed by atoms with E-state index in [-0.39, 0.29) is 5.41 Å². The molecule has 3 heteroatoms. The van der Waals surface area contributed by atoms with Gasteiger partial charge in [-0.05, 0) is 66.5 Å². The van der Waals surface area contributed by atoms with E-state index in [0.29, 0.717) is 11.3 Å². The van der Waals surface area contributed by atoms with Crippen LogP contribution in [0.15, 0.2) is 18.2 Å². The third kappa shape index (κ3) is 4.09. The molecule has 118 valence electrons. The van der Waals surface area contributed by atoms with Gasteiger partial charge in [-0.15, -0.1) is 11.6 Å². The molecule has 0 bridgehead atoms. The van der Waals surface area contributed by atoms with Crippen molar-refractivity contribution in [2.75, 3.05) is 5.88 Å². The molecule has 0 amide bonds. The second kappa shape index (κ2) is 6.69. The van der Waals surface area contributed by atoms with Crippen molar-refractivity contribution in [1.82, 2.24) is 0 Å². The molecule has 0 heterocycles. The van der Waals surface area contributed by atoms with Gasteiger partial charge in [0.2, 0.25) is 0 Å². The van der Waals surface area contributed by atoms with Gasteiger partial charge in [-0.3, -0.25) is 0 Å². The zero-order valence-corrected chi connectivity index (χ0v) is 15.5.